The Bertz CT molecular complexity index is 3450. The number of benzene rings is 8. The van der Waals surface area contributed by atoms with Crippen LogP contribution < -0.4 is 0 Å². The maximum atomic E-state index is 6.58. The summed E-state index contributed by atoms with van der Waals surface area (Å²) in [7, 11) is 0. The van der Waals surface area contributed by atoms with Crippen LogP contribution in [-0.2, 0) is 0 Å². The quantitative estimate of drug-likeness (QED) is 0.183. The molecule has 0 aliphatic rings. The van der Waals surface area contributed by atoms with Gasteiger partial charge in [-0.05, 0) is 53.2 Å². The third-order valence-electron chi connectivity index (χ3n) is 11.0. The maximum absolute atomic E-state index is 6.58. The highest BCUT2D eigenvalue weighted by Gasteiger charge is 2.23. The van der Waals surface area contributed by atoms with Gasteiger partial charge in [-0.15, -0.1) is 0 Å². The number of hydrogen-bond acceptors (Lipinski definition) is 4. The third kappa shape index (κ3) is 4.46. The lowest BCUT2D eigenvalue weighted by molar-refractivity contribution is 0.668. The molecule has 0 saturated carbocycles. The van der Waals surface area contributed by atoms with Crippen LogP contribution in [0.2, 0.25) is 0 Å². The van der Waals surface area contributed by atoms with Gasteiger partial charge in [0.25, 0.3) is 0 Å². The summed E-state index contributed by atoms with van der Waals surface area (Å²) in [5, 5.41) is 9.05. The van der Waals surface area contributed by atoms with Crippen LogP contribution in [0.1, 0.15) is 0 Å². The monoisotopic (exact) mass is 703 g/mol. The van der Waals surface area contributed by atoms with Crippen LogP contribution in [0.5, 0.6) is 0 Å². The Kier molecular flexibility index (Phi) is 6.24. The first kappa shape index (κ1) is 29.9. The Morgan fingerprint density at radius 1 is 0.364 bits per heavy atom. The van der Waals surface area contributed by atoms with Crippen LogP contribution in [0.25, 0.3) is 111 Å². The molecule has 0 amide bonds. The Morgan fingerprint density at radius 2 is 0.927 bits per heavy atom. The highest BCUT2D eigenvalue weighted by atomic mass is 16.3. The van der Waals surface area contributed by atoms with Crippen LogP contribution >= 0.6 is 0 Å². The molecule has 0 aliphatic heterocycles. The van der Waals surface area contributed by atoms with Gasteiger partial charge in [-0.2, -0.15) is 9.97 Å². The average molecular weight is 704 g/mol. The Hall–Kier alpha value is -7.57. The van der Waals surface area contributed by atoms with Crippen LogP contribution in [0, 0.1) is 0 Å². The fraction of sp³-hybridized carbons (Fsp3) is 0. The van der Waals surface area contributed by atoms with Gasteiger partial charge in [0.05, 0.1) is 27.8 Å². The molecule has 0 saturated heterocycles. The minimum atomic E-state index is 0.553. The van der Waals surface area contributed by atoms with E-state index < -0.39 is 0 Å². The van der Waals surface area contributed by atoms with Crippen molar-refractivity contribution >= 4 is 76.3 Å². The molecule has 0 spiro atoms. The fourth-order valence-corrected chi connectivity index (χ4v) is 8.48. The maximum Gasteiger partial charge on any atom is 0.238 e. The van der Waals surface area contributed by atoms with Crippen molar-refractivity contribution in [2.24, 2.45) is 0 Å². The van der Waals surface area contributed by atoms with Gasteiger partial charge in [-0.25, -0.2) is 4.98 Å². The largest absolute Gasteiger partial charge is 0.456 e. The van der Waals surface area contributed by atoms with Crippen molar-refractivity contribution in [3.05, 3.63) is 176 Å². The molecule has 12 aromatic rings. The summed E-state index contributed by atoms with van der Waals surface area (Å²) in [4.78, 5) is 16.0. The van der Waals surface area contributed by atoms with E-state index >= 15 is 0 Å². The lowest BCUT2D eigenvalue weighted by atomic mass is 10.1. The molecule has 12 rings (SSSR count). The second kappa shape index (κ2) is 11.5. The molecule has 8 aromatic carbocycles. The number of hydrogen-bond donors (Lipinski definition) is 0. The summed E-state index contributed by atoms with van der Waals surface area (Å²) in [6, 6.07) is 61.4. The Balaban J connectivity index is 1.23. The van der Waals surface area contributed by atoms with Crippen molar-refractivity contribution in [2.45, 2.75) is 0 Å². The van der Waals surface area contributed by atoms with Crippen LogP contribution in [-0.4, -0.2) is 24.1 Å². The molecular formula is C49H29N5O. The SMILES string of the molecule is c1ccc(-c2nc(-c3cc4c(cc3-n3c5ccccc5c5cc6ccccc6cc53)oc3ccccc34)nc(-n3c4ccccc4c4ccccc43)n2)cc1. The molecule has 0 radical (unpaired) electrons. The van der Waals surface area contributed by atoms with E-state index in [1.165, 1.54) is 21.5 Å². The van der Waals surface area contributed by atoms with E-state index in [-0.39, 0.29) is 0 Å². The minimum absolute atomic E-state index is 0.553. The van der Waals surface area contributed by atoms with Crippen LogP contribution in [0.3, 0.4) is 0 Å². The van der Waals surface area contributed by atoms with E-state index in [1.54, 1.807) is 0 Å². The normalized spacial score (nSPS) is 12.0. The average Bonchev–Trinajstić information content (AvgIpc) is 3.89. The fourth-order valence-electron chi connectivity index (χ4n) is 8.48. The third-order valence-corrected chi connectivity index (χ3v) is 11.0. The van der Waals surface area contributed by atoms with E-state index in [0.717, 1.165) is 71.6 Å². The van der Waals surface area contributed by atoms with Gasteiger partial charge in [-0.3, -0.25) is 4.57 Å². The van der Waals surface area contributed by atoms with E-state index in [9.17, 15) is 0 Å². The highest BCUT2D eigenvalue weighted by molar-refractivity contribution is 6.15. The molecule has 55 heavy (non-hydrogen) atoms. The molecule has 0 N–H and O–H groups in total. The van der Waals surface area contributed by atoms with Gasteiger partial charge in [0.2, 0.25) is 5.95 Å². The first-order valence-corrected chi connectivity index (χ1v) is 18.4. The summed E-state index contributed by atoms with van der Waals surface area (Å²) in [5.74, 6) is 1.72. The molecule has 6 nitrogen and oxygen atoms in total. The van der Waals surface area contributed by atoms with Crippen molar-refractivity contribution in [1.82, 2.24) is 24.1 Å². The van der Waals surface area contributed by atoms with Crippen LogP contribution in [0.15, 0.2) is 180 Å². The van der Waals surface area contributed by atoms with Gasteiger partial charge in [-0.1, -0.05) is 127 Å². The topological polar surface area (TPSA) is 61.7 Å². The lowest BCUT2D eigenvalue weighted by Gasteiger charge is -2.16. The number of aromatic nitrogens is 5. The number of furan rings is 1. The minimum Gasteiger partial charge on any atom is -0.456 e. The number of para-hydroxylation sites is 4. The first-order chi connectivity index (χ1) is 27.3. The zero-order valence-corrected chi connectivity index (χ0v) is 29.4. The first-order valence-electron chi connectivity index (χ1n) is 18.4. The van der Waals surface area contributed by atoms with E-state index in [2.05, 4.69) is 155 Å². The smallest absolute Gasteiger partial charge is 0.238 e. The van der Waals surface area contributed by atoms with Gasteiger partial charge < -0.3 is 8.98 Å². The number of nitrogens with zero attached hydrogens (tertiary/aromatic N) is 5. The summed E-state index contributed by atoms with van der Waals surface area (Å²) in [5.41, 5.74) is 8.58. The van der Waals surface area contributed by atoms with Gasteiger partial charge >= 0.3 is 0 Å². The van der Waals surface area contributed by atoms with E-state index in [4.69, 9.17) is 19.4 Å². The molecule has 4 aromatic heterocycles. The predicted molar refractivity (Wildman–Crippen MR) is 224 cm³/mol. The summed E-state index contributed by atoms with van der Waals surface area (Å²) < 4.78 is 11.1. The highest BCUT2D eigenvalue weighted by Crippen LogP contribution is 2.42. The molecule has 0 fully saturated rings. The zero-order chi connectivity index (χ0) is 36.0. The van der Waals surface area contributed by atoms with Gasteiger partial charge in [0.15, 0.2) is 11.6 Å². The second-order valence-electron chi connectivity index (χ2n) is 14.1. The predicted octanol–water partition coefficient (Wildman–Crippen LogP) is 12.5. The van der Waals surface area contributed by atoms with Crippen molar-refractivity contribution in [2.75, 3.05) is 0 Å². The second-order valence-corrected chi connectivity index (χ2v) is 14.1. The molecule has 0 atom stereocenters. The molecule has 256 valence electrons. The van der Waals surface area contributed by atoms with Crippen LogP contribution in [0.4, 0.5) is 0 Å². The molecule has 0 unspecified atom stereocenters. The number of fused-ring (bicyclic) bond motifs is 10. The van der Waals surface area contributed by atoms with Crippen molar-refractivity contribution in [1.29, 1.82) is 0 Å². The number of rotatable bonds is 4. The van der Waals surface area contributed by atoms with E-state index in [1.807, 2.05) is 30.3 Å². The van der Waals surface area contributed by atoms with Crippen molar-refractivity contribution in [3.63, 3.8) is 0 Å². The van der Waals surface area contributed by atoms with Crippen molar-refractivity contribution < 1.29 is 4.42 Å². The molecule has 0 bridgehead atoms. The summed E-state index contributed by atoms with van der Waals surface area (Å²) in [6.07, 6.45) is 0. The Morgan fingerprint density at radius 3 is 1.65 bits per heavy atom. The van der Waals surface area contributed by atoms with Crippen molar-refractivity contribution in [3.8, 4) is 34.4 Å². The summed E-state index contributed by atoms with van der Waals surface area (Å²) >= 11 is 0. The van der Waals surface area contributed by atoms with Gasteiger partial charge in [0.1, 0.15) is 11.2 Å². The lowest BCUT2D eigenvalue weighted by Crippen LogP contribution is -2.08. The van der Waals surface area contributed by atoms with E-state index in [0.29, 0.717) is 17.6 Å². The summed E-state index contributed by atoms with van der Waals surface area (Å²) in [6.45, 7) is 0. The van der Waals surface area contributed by atoms with Gasteiger partial charge in [0, 0.05) is 49.5 Å². The molecule has 0 aliphatic carbocycles. The zero-order valence-electron chi connectivity index (χ0n) is 29.4. The molecule has 6 heteroatoms. The molecular weight excluding hydrogens is 675 g/mol. The Labute approximate surface area is 314 Å². The standard InChI is InChI=1S/C49H29N5O/c1-2-14-30(15-3-1)47-50-48(52-49(51-47)54-41-23-11-6-18-33(41)34-19-7-12-24-42(34)54)39-28-38-36-21-9-13-25-45(36)55-46(38)29-44(39)53-40-22-10-8-20-35(40)37-26-31-16-4-5-17-32(31)27-43(37)53/h1-29H. The molecule has 4 heterocycles.